The maximum absolute atomic E-state index is 13.0. The number of hydrogen-bond donors (Lipinski definition) is 0. The highest BCUT2D eigenvalue weighted by atomic mass is 35.5. The van der Waals surface area contributed by atoms with Gasteiger partial charge in [0.25, 0.3) is 5.91 Å². The first-order valence-corrected chi connectivity index (χ1v) is 10.3. The highest BCUT2D eigenvalue weighted by Crippen LogP contribution is 2.30. The van der Waals surface area contributed by atoms with Gasteiger partial charge in [-0.1, -0.05) is 23.2 Å². The topological polar surface area (TPSA) is 52.6 Å². The molecule has 1 amide bonds. The van der Waals surface area contributed by atoms with E-state index < -0.39 is 0 Å². The quantitative estimate of drug-likeness (QED) is 0.759. The van der Waals surface area contributed by atoms with Crippen molar-refractivity contribution in [1.82, 2.24) is 14.9 Å². The van der Waals surface area contributed by atoms with Gasteiger partial charge in [0.2, 0.25) is 5.95 Å². The molecule has 1 aromatic heterocycles. The van der Waals surface area contributed by atoms with E-state index in [1.54, 1.807) is 18.2 Å². The van der Waals surface area contributed by atoms with Crippen LogP contribution in [0.4, 0.5) is 11.8 Å². The molecule has 8 heteroatoms. The maximum Gasteiger partial charge on any atom is 0.254 e. The summed E-state index contributed by atoms with van der Waals surface area (Å²) in [6, 6.07) is 5.00. The third-order valence-electron chi connectivity index (χ3n) is 5.29. The molecule has 2 aliphatic rings. The Hall–Kier alpha value is -2.05. The van der Waals surface area contributed by atoms with E-state index in [0.717, 1.165) is 36.1 Å². The van der Waals surface area contributed by atoms with Gasteiger partial charge in [-0.2, -0.15) is 4.98 Å². The van der Waals surface area contributed by atoms with E-state index in [1.165, 1.54) is 12.8 Å². The molecule has 6 nitrogen and oxygen atoms in total. The van der Waals surface area contributed by atoms with E-state index in [0.29, 0.717) is 35.1 Å². The number of carbonyl (C=O) groups excluding carboxylic acids is 1. The van der Waals surface area contributed by atoms with Crippen LogP contribution in [0, 0.1) is 0 Å². The Morgan fingerprint density at radius 3 is 2.50 bits per heavy atom. The van der Waals surface area contributed by atoms with Gasteiger partial charge in [-0.25, -0.2) is 4.98 Å². The van der Waals surface area contributed by atoms with Crippen LogP contribution in [-0.4, -0.2) is 54.5 Å². The van der Waals surface area contributed by atoms with Crippen molar-refractivity contribution >= 4 is 40.9 Å². The Morgan fingerprint density at radius 1 is 1.07 bits per heavy atom. The molecule has 0 saturated carbocycles. The van der Waals surface area contributed by atoms with Crippen LogP contribution in [0.3, 0.4) is 0 Å². The molecule has 0 radical (unpaired) electrons. The number of rotatable bonds is 3. The number of amides is 1. The Bertz CT molecular complexity index is 912. The zero-order valence-corrected chi connectivity index (χ0v) is 17.6. The highest BCUT2D eigenvalue weighted by Gasteiger charge is 2.28. The minimum absolute atomic E-state index is 0.0578. The number of anilines is 2. The van der Waals surface area contributed by atoms with E-state index in [-0.39, 0.29) is 5.91 Å². The number of fused-ring (bicyclic) bond motifs is 1. The van der Waals surface area contributed by atoms with E-state index in [4.69, 9.17) is 33.2 Å². The van der Waals surface area contributed by atoms with Gasteiger partial charge >= 0.3 is 0 Å². The van der Waals surface area contributed by atoms with E-state index in [2.05, 4.69) is 4.90 Å². The number of halogens is 2. The van der Waals surface area contributed by atoms with Crippen LogP contribution in [0.25, 0.3) is 0 Å². The Kier molecular flexibility index (Phi) is 5.34. The van der Waals surface area contributed by atoms with Crippen molar-refractivity contribution in [3.63, 3.8) is 0 Å². The van der Waals surface area contributed by atoms with E-state index >= 15 is 0 Å². The lowest BCUT2D eigenvalue weighted by molar-refractivity contribution is 0.0733. The second-order valence-electron chi connectivity index (χ2n) is 7.47. The monoisotopic (exact) mass is 419 g/mol. The average Bonchev–Trinajstić information content (AvgIpc) is 3.23. The van der Waals surface area contributed by atoms with Crippen molar-refractivity contribution < 1.29 is 4.79 Å². The van der Waals surface area contributed by atoms with Crippen molar-refractivity contribution in [3.05, 3.63) is 45.1 Å². The number of carbonyl (C=O) groups is 1. The predicted octanol–water partition coefficient (Wildman–Crippen LogP) is 3.65. The van der Waals surface area contributed by atoms with Crippen LogP contribution in [0.1, 0.15) is 34.5 Å². The van der Waals surface area contributed by atoms with Crippen LogP contribution in [0.15, 0.2) is 18.2 Å². The molecule has 1 aromatic carbocycles. The number of aromatic nitrogens is 2. The Labute approximate surface area is 175 Å². The van der Waals surface area contributed by atoms with Crippen LogP contribution in [-0.2, 0) is 13.0 Å². The molecule has 0 atom stereocenters. The van der Waals surface area contributed by atoms with Crippen LogP contribution >= 0.6 is 23.2 Å². The molecule has 148 valence electrons. The van der Waals surface area contributed by atoms with E-state index in [9.17, 15) is 4.79 Å². The van der Waals surface area contributed by atoms with Crippen LogP contribution in [0.2, 0.25) is 10.0 Å². The first-order valence-electron chi connectivity index (χ1n) is 9.50. The maximum atomic E-state index is 13.0. The van der Waals surface area contributed by atoms with Gasteiger partial charge in [-0.15, -0.1) is 0 Å². The third-order valence-corrected chi connectivity index (χ3v) is 6.03. The first kappa shape index (κ1) is 19.3. The van der Waals surface area contributed by atoms with Crippen molar-refractivity contribution in [2.75, 3.05) is 43.5 Å². The van der Waals surface area contributed by atoms with Crippen LogP contribution in [0.5, 0.6) is 0 Å². The largest absolute Gasteiger partial charge is 0.362 e. The summed E-state index contributed by atoms with van der Waals surface area (Å²) >= 11 is 12.1. The fourth-order valence-corrected chi connectivity index (χ4v) is 4.10. The molecule has 0 bridgehead atoms. The lowest BCUT2D eigenvalue weighted by atomic mass is 10.0. The lowest BCUT2D eigenvalue weighted by Gasteiger charge is -2.32. The Balaban J connectivity index is 1.63. The molecule has 0 spiro atoms. The summed E-state index contributed by atoms with van der Waals surface area (Å²) in [6.45, 7) is 3.12. The second kappa shape index (κ2) is 7.76. The molecular weight excluding hydrogens is 397 g/mol. The summed E-state index contributed by atoms with van der Waals surface area (Å²) < 4.78 is 0. The van der Waals surface area contributed by atoms with E-state index in [1.807, 2.05) is 23.9 Å². The number of nitrogens with zero attached hydrogens (tertiary/aromatic N) is 5. The normalized spacial score (nSPS) is 16.3. The summed E-state index contributed by atoms with van der Waals surface area (Å²) in [7, 11) is 3.96. The predicted molar refractivity (Wildman–Crippen MR) is 113 cm³/mol. The fourth-order valence-electron chi connectivity index (χ4n) is 3.80. The third kappa shape index (κ3) is 3.63. The summed E-state index contributed by atoms with van der Waals surface area (Å²) in [5, 5.41) is 0.831. The molecule has 0 aliphatic carbocycles. The number of benzene rings is 1. The average molecular weight is 420 g/mol. The van der Waals surface area contributed by atoms with Gasteiger partial charge in [0.05, 0.1) is 22.3 Å². The lowest BCUT2D eigenvalue weighted by Crippen LogP contribution is -2.38. The molecular formula is C20H23Cl2N5O. The van der Waals surface area contributed by atoms with Crippen molar-refractivity contribution in [2.24, 2.45) is 0 Å². The SMILES string of the molecule is CN(C)c1nc(N2CCCC2)nc2c1CN(C(=O)c1ccc(Cl)c(Cl)c1)CC2. The van der Waals surface area contributed by atoms with Crippen molar-refractivity contribution in [2.45, 2.75) is 25.8 Å². The molecule has 28 heavy (non-hydrogen) atoms. The van der Waals surface area contributed by atoms with Gasteiger partial charge < -0.3 is 14.7 Å². The fraction of sp³-hybridized carbons (Fsp3) is 0.450. The summed E-state index contributed by atoms with van der Waals surface area (Å²) in [6.07, 6.45) is 3.08. The second-order valence-corrected chi connectivity index (χ2v) is 8.28. The van der Waals surface area contributed by atoms with Crippen molar-refractivity contribution in [3.8, 4) is 0 Å². The summed E-state index contributed by atoms with van der Waals surface area (Å²) in [5.41, 5.74) is 2.60. The number of hydrogen-bond acceptors (Lipinski definition) is 5. The Morgan fingerprint density at radius 2 is 1.82 bits per heavy atom. The first-order chi connectivity index (χ1) is 13.4. The minimum Gasteiger partial charge on any atom is -0.362 e. The molecule has 4 rings (SSSR count). The molecule has 0 unspecified atom stereocenters. The molecule has 2 aliphatic heterocycles. The van der Waals surface area contributed by atoms with Gasteiger partial charge in [-0.3, -0.25) is 4.79 Å². The molecule has 0 N–H and O–H groups in total. The molecule has 2 aromatic rings. The minimum atomic E-state index is -0.0578. The zero-order chi connectivity index (χ0) is 19.8. The van der Waals surface area contributed by atoms with Gasteiger partial charge in [0.1, 0.15) is 5.82 Å². The summed E-state index contributed by atoms with van der Waals surface area (Å²) in [5.74, 6) is 1.64. The summed E-state index contributed by atoms with van der Waals surface area (Å²) in [4.78, 5) is 28.7. The molecule has 1 fully saturated rings. The highest BCUT2D eigenvalue weighted by molar-refractivity contribution is 6.42. The van der Waals surface area contributed by atoms with Gasteiger partial charge in [-0.05, 0) is 31.0 Å². The smallest absolute Gasteiger partial charge is 0.254 e. The van der Waals surface area contributed by atoms with Gasteiger partial charge in [0, 0.05) is 51.3 Å². The van der Waals surface area contributed by atoms with Gasteiger partial charge in [0.15, 0.2) is 0 Å². The van der Waals surface area contributed by atoms with Crippen molar-refractivity contribution in [1.29, 1.82) is 0 Å². The molecule has 1 saturated heterocycles. The standard InChI is InChI=1S/C20H23Cl2N5O/c1-25(2)18-14-12-27(19(28)13-5-6-15(21)16(22)11-13)10-7-17(14)23-20(24-18)26-8-3-4-9-26/h5-6,11H,3-4,7-10,12H2,1-2H3. The zero-order valence-electron chi connectivity index (χ0n) is 16.1. The molecule has 3 heterocycles. The van der Waals surface area contributed by atoms with Crippen LogP contribution < -0.4 is 9.80 Å².